The number of nitrogens with one attached hydrogen (secondary N) is 2. The third-order valence-electron chi connectivity index (χ3n) is 10.3. The Hall–Kier alpha value is -2.71. The molecule has 3 aliphatic carbocycles. The molecule has 0 radical (unpaired) electrons. The number of fused-ring (bicyclic) bond motifs is 1. The van der Waals surface area contributed by atoms with Gasteiger partial charge in [-0.2, -0.15) is 0 Å². The number of rotatable bonds is 9. The van der Waals surface area contributed by atoms with E-state index in [9.17, 15) is 4.79 Å². The maximum absolute atomic E-state index is 11.7. The van der Waals surface area contributed by atoms with E-state index in [4.69, 9.17) is 19.5 Å². The van der Waals surface area contributed by atoms with Gasteiger partial charge in [-0.05, 0) is 69.1 Å². The Morgan fingerprint density at radius 2 is 1.64 bits per heavy atom. The van der Waals surface area contributed by atoms with E-state index in [1.165, 1.54) is 83.5 Å². The highest BCUT2D eigenvalue weighted by molar-refractivity contribution is 5.85. The highest BCUT2D eigenvalue weighted by Gasteiger charge is 2.32. The molecule has 9 heteroatoms. The van der Waals surface area contributed by atoms with Gasteiger partial charge in [-0.3, -0.25) is 9.51 Å². The average Bonchev–Trinajstić information content (AvgIpc) is 3.52. The zero-order valence-electron chi connectivity index (χ0n) is 23.9. The predicted octanol–water partition coefficient (Wildman–Crippen LogP) is 6.67. The van der Waals surface area contributed by atoms with Crippen LogP contribution in [0.15, 0.2) is 9.32 Å². The molecule has 0 bridgehead atoms. The normalized spacial score (nSPS) is 24.5. The van der Waals surface area contributed by atoms with Crippen LogP contribution < -0.4 is 11.1 Å². The van der Waals surface area contributed by atoms with E-state index in [-0.39, 0.29) is 5.82 Å². The second-order valence-corrected chi connectivity index (χ2v) is 12.7. The van der Waals surface area contributed by atoms with Gasteiger partial charge in [0.25, 0.3) is 0 Å². The summed E-state index contributed by atoms with van der Waals surface area (Å²) in [6.07, 6.45) is 16.8. The first kappa shape index (κ1) is 26.5. The van der Waals surface area contributed by atoms with E-state index in [2.05, 4.69) is 40.8 Å². The molecule has 3 heterocycles. The van der Waals surface area contributed by atoms with Crippen LogP contribution in [-0.4, -0.2) is 35.7 Å². The fourth-order valence-electron chi connectivity index (χ4n) is 7.32. The Morgan fingerprint density at radius 1 is 0.923 bits per heavy atom. The lowest BCUT2D eigenvalue weighted by Crippen LogP contribution is -2.31. The van der Waals surface area contributed by atoms with E-state index in [0.717, 1.165) is 29.6 Å². The van der Waals surface area contributed by atoms with Crippen molar-refractivity contribution in [2.24, 2.45) is 23.7 Å². The Balaban J connectivity index is 1.44. The summed E-state index contributed by atoms with van der Waals surface area (Å²) in [6, 6.07) is 0.295. The SMILES string of the molecule is CCC1CCC(Cn2c(C(C)C3CCCCC3)nc3nc(-c4noc(=O)[nH]4)nc(NC(C)C4CCC4)c32)CC1. The van der Waals surface area contributed by atoms with Crippen molar-refractivity contribution in [3.05, 3.63) is 16.4 Å². The van der Waals surface area contributed by atoms with E-state index < -0.39 is 5.76 Å². The Kier molecular flexibility index (Phi) is 7.76. The molecule has 3 aromatic rings. The fraction of sp³-hybridized carbons (Fsp3) is 0.767. The van der Waals surface area contributed by atoms with Crippen molar-refractivity contribution in [2.75, 3.05) is 5.32 Å². The van der Waals surface area contributed by atoms with Gasteiger partial charge in [0.2, 0.25) is 11.6 Å². The third kappa shape index (κ3) is 5.50. The molecule has 9 nitrogen and oxygen atoms in total. The van der Waals surface area contributed by atoms with Gasteiger partial charge in [0, 0.05) is 18.5 Å². The first-order valence-corrected chi connectivity index (χ1v) is 15.6. The number of H-pyrrole nitrogens is 1. The van der Waals surface area contributed by atoms with Crippen LogP contribution in [0.25, 0.3) is 22.8 Å². The first-order valence-electron chi connectivity index (χ1n) is 15.6. The molecule has 2 unspecified atom stereocenters. The summed E-state index contributed by atoms with van der Waals surface area (Å²) < 4.78 is 7.28. The van der Waals surface area contributed by atoms with Crippen molar-refractivity contribution in [3.63, 3.8) is 0 Å². The summed E-state index contributed by atoms with van der Waals surface area (Å²) in [6.45, 7) is 7.93. The minimum absolute atomic E-state index is 0.246. The van der Waals surface area contributed by atoms with Gasteiger partial charge in [0.1, 0.15) is 11.3 Å². The Labute approximate surface area is 231 Å². The lowest BCUT2D eigenvalue weighted by molar-refractivity contribution is 0.243. The molecule has 3 fully saturated rings. The van der Waals surface area contributed by atoms with Gasteiger partial charge >= 0.3 is 5.76 Å². The molecule has 0 amide bonds. The molecular formula is C30H45N7O2. The van der Waals surface area contributed by atoms with Gasteiger partial charge in [0.15, 0.2) is 11.5 Å². The summed E-state index contributed by atoms with van der Waals surface area (Å²) >= 11 is 0. The Morgan fingerprint density at radius 3 is 2.28 bits per heavy atom. The van der Waals surface area contributed by atoms with Gasteiger partial charge in [-0.25, -0.2) is 19.7 Å². The van der Waals surface area contributed by atoms with E-state index >= 15 is 0 Å². The number of anilines is 1. The number of nitrogens with zero attached hydrogens (tertiary/aromatic N) is 5. The van der Waals surface area contributed by atoms with Crippen LogP contribution in [0.1, 0.15) is 116 Å². The zero-order chi connectivity index (χ0) is 26.9. The van der Waals surface area contributed by atoms with Crippen LogP contribution in [0.5, 0.6) is 0 Å². The molecule has 2 atom stereocenters. The molecule has 212 valence electrons. The molecule has 0 spiro atoms. The maximum Gasteiger partial charge on any atom is 0.439 e. The smallest absolute Gasteiger partial charge is 0.365 e. The summed E-state index contributed by atoms with van der Waals surface area (Å²) in [5.74, 6) is 5.11. The quantitative estimate of drug-likeness (QED) is 0.314. The molecule has 3 saturated carbocycles. The number of hydrogen-bond donors (Lipinski definition) is 2. The number of imidazole rings is 1. The molecule has 39 heavy (non-hydrogen) atoms. The second kappa shape index (κ2) is 11.4. The van der Waals surface area contributed by atoms with Crippen LogP contribution in [0.4, 0.5) is 5.82 Å². The lowest BCUT2D eigenvalue weighted by atomic mass is 9.79. The van der Waals surface area contributed by atoms with Gasteiger partial charge < -0.3 is 9.88 Å². The fourth-order valence-corrected chi connectivity index (χ4v) is 7.32. The molecule has 2 N–H and O–H groups in total. The van der Waals surface area contributed by atoms with Crippen molar-refractivity contribution in [1.29, 1.82) is 0 Å². The van der Waals surface area contributed by atoms with Crippen molar-refractivity contribution in [1.82, 2.24) is 29.7 Å². The second-order valence-electron chi connectivity index (χ2n) is 12.7. The largest absolute Gasteiger partial charge is 0.439 e. The van der Waals surface area contributed by atoms with Crippen molar-refractivity contribution in [2.45, 2.75) is 123 Å². The number of aromatic nitrogens is 6. The summed E-state index contributed by atoms with van der Waals surface area (Å²) in [7, 11) is 0. The van der Waals surface area contributed by atoms with Gasteiger partial charge in [-0.15, -0.1) is 0 Å². The van der Waals surface area contributed by atoms with E-state index in [0.29, 0.717) is 41.2 Å². The summed E-state index contributed by atoms with van der Waals surface area (Å²) in [4.78, 5) is 29.4. The summed E-state index contributed by atoms with van der Waals surface area (Å²) in [5, 5.41) is 7.66. The van der Waals surface area contributed by atoms with Crippen LogP contribution in [0, 0.1) is 23.7 Å². The molecule has 6 rings (SSSR count). The standard InChI is InChI=1S/C30H45N7O2/c1-4-20-13-15-21(16-14-20)17-37-24-25(31-19(3)23-11-8-12-23)32-27(28-35-30(38)39-36-28)33-26(24)34-29(37)18(2)22-9-6-5-7-10-22/h18-23H,4-17H2,1-3H3,(H,31,32,33)(H,35,36,38). The number of aromatic amines is 1. The van der Waals surface area contributed by atoms with E-state index in [1.807, 2.05) is 0 Å². The molecule has 3 aromatic heterocycles. The van der Waals surface area contributed by atoms with Crippen molar-refractivity contribution < 1.29 is 4.52 Å². The minimum Gasteiger partial charge on any atom is -0.365 e. The molecular weight excluding hydrogens is 490 g/mol. The predicted molar refractivity (Wildman–Crippen MR) is 153 cm³/mol. The average molecular weight is 536 g/mol. The van der Waals surface area contributed by atoms with Crippen LogP contribution >= 0.6 is 0 Å². The number of hydrogen-bond acceptors (Lipinski definition) is 7. The summed E-state index contributed by atoms with van der Waals surface area (Å²) in [5.41, 5.74) is 1.69. The van der Waals surface area contributed by atoms with Gasteiger partial charge in [-0.1, -0.05) is 63.9 Å². The highest BCUT2D eigenvalue weighted by atomic mass is 16.5. The lowest BCUT2D eigenvalue weighted by Gasteiger charge is -2.33. The third-order valence-corrected chi connectivity index (χ3v) is 10.3. The van der Waals surface area contributed by atoms with Gasteiger partial charge in [0.05, 0.1) is 0 Å². The van der Waals surface area contributed by atoms with Crippen molar-refractivity contribution in [3.8, 4) is 11.6 Å². The van der Waals surface area contributed by atoms with Crippen molar-refractivity contribution >= 4 is 17.0 Å². The van der Waals surface area contributed by atoms with Crippen LogP contribution in [0.2, 0.25) is 0 Å². The van der Waals surface area contributed by atoms with E-state index in [1.54, 1.807) is 0 Å². The Bertz CT molecular complexity index is 1310. The molecule has 0 aromatic carbocycles. The molecule has 0 saturated heterocycles. The zero-order valence-corrected chi connectivity index (χ0v) is 23.9. The first-order chi connectivity index (χ1) is 19.0. The van der Waals surface area contributed by atoms with Crippen LogP contribution in [0.3, 0.4) is 0 Å². The maximum atomic E-state index is 11.7. The molecule has 0 aliphatic heterocycles. The topological polar surface area (TPSA) is 115 Å². The monoisotopic (exact) mass is 535 g/mol. The highest BCUT2D eigenvalue weighted by Crippen LogP contribution is 2.40. The minimum atomic E-state index is -0.606. The molecule has 3 aliphatic rings. The van der Waals surface area contributed by atoms with Crippen LogP contribution in [-0.2, 0) is 6.54 Å².